The summed E-state index contributed by atoms with van der Waals surface area (Å²) in [5.74, 6) is 0.144. The summed E-state index contributed by atoms with van der Waals surface area (Å²) in [5, 5.41) is 9.10. The number of unbranched alkanes of at least 4 members (excludes halogenated alkanes) is 2. The van der Waals surface area contributed by atoms with Gasteiger partial charge in [-0.15, -0.1) is 0 Å². The number of fused-ring (bicyclic) bond motifs is 1. The summed E-state index contributed by atoms with van der Waals surface area (Å²) in [7, 11) is 0. The van der Waals surface area contributed by atoms with E-state index in [2.05, 4.69) is 52.8 Å². The summed E-state index contributed by atoms with van der Waals surface area (Å²) in [5.41, 5.74) is 5.05. The molecule has 2 aromatic rings. The third-order valence-corrected chi connectivity index (χ3v) is 7.06. The van der Waals surface area contributed by atoms with Crippen LogP contribution in [0.1, 0.15) is 106 Å². The minimum Gasteiger partial charge on any atom is -0.493 e. The van der Waals surface area contributed by atoms with Crippen LogP contribution in [0.25, 0.3) is 0 Å². The summed E-state index contributed by atoms with van der Waals surface area (Å²) < 4.78 is 6.13. The lowest BCUT2D eigenvalue weighted by molar-refractivity contribution is 0.0697. The summed E-state index contributed by atoms with van der Waals surface area (Å²) in [4.78, 5) is 11.1. The molecule has 0 aromatic heterocycles. The average Bonchev–Trinajstić information content (AvgIpc) is 2.74. The lowest BCUT2D eigenvalue weighted by Gasteiger charge is -2.42. The monoisotopic (exact) mass is 422 g/mol. The van der Waals surface area contributed by atoms with Crippen molar-refractivity contribution in [1.82, 2.24) is 0 Å². The number of hydrogen-bond donors (Lipinski definition) is 1. The number of carboxylic acids is 1. The van der Waals surface area contributed by atoms with Crippen LogP contribution in [0, 0.1) is 0 Å². The minimum absolute atomic E-state index is 0.197. The number of rotatable bonds is 9. The van der Waals surface area contributed by atoms with Gasteiger partial charge in [0.1, 0.15) is 5.75 Å². The Morgan fingerprint density at radius 2 is 1.61 bits per heavy atom. The highest BCUT2D eigenvalue weighted by Gasteiger charge is 2.37. The van der Waals surface area contributed by atoms with Crippen LogP contribution in [0.3, 0.4) is 0 Å². The SMILES string of the molecule is CCCCCC(COc1ccc(C(=O)O)cc1)c1ccc2c(c1)C(C)(C)CCC2(C)C. The lowest BCUT2D eigenvalue weighted by Crippen LogP contribution is -2.34. The predicted molar refractivity (Wildman–Crippen MR) is 128 cm³/mol. The van der Waals surface area contributed by atoms with Crippen molar-refractivity contribution in [2.45, 2.75) is 89.9 Å². The Balaban J connectivity index is 1.83. The molecule has 0 radical (unpaired) electrons. The van der Waals surface area contributed by atoms with E-state index in [4.69, 9.17) is 9.84 Å². The molecule has 0 heterocycles. The molecule has 0 spiro atoms. The Kier molecular flexibility index (Phi) is 7.13. The fourth-order valence-corrected chi connectivity index (χ4v) is 4.74. The molecule has 3 heteroatoms. The van der Waals surface area contributed by atoms with Crippen molar-refractivity contribution in [2.24, 2.45) is 0 Å². The molecule has 0 fully saturated rings. The van der Waals surface area contributed by atoms with Gasteiger partial charge in [-0.1, -0.05) is 72.1 Å². The van der Waals surface area contributed by atoms with E-state index >= 15 is 0 Å². The van der Waals surface area contributed by atoms with Gasteiger partial charge in [-0.2, -0.15) is 0 Å². The first-order chi connectivity index (χ1) is 14.6. The first-order valence-corrected chi connectivity index (χ1v) is 11.7. The molecule has 31 heavy (non-hydrogen) atoms. The van der Waals surface area contributed by atoms with Gasteiger partial charge in [0.05, 0.1) is 12.2 Å². The van der Waals surface area contributed by atoms with E-state index in [1.54, 1.807) is 24.3 Å². The maximum Gasteiger partial charge on any atom is 0.335 e. The Bertz CT molecular complexity index is 893. The van der Waals surface area contributed by atoms with Crippen LogP contribution >= 0.6 is 0 Å². The molecular formula is C28H38O3. The van der Waals surface area contributed by atoms with Gasteiger partial charge in [-0.05, 0) is 71.0 Å². The zero-order valence-corrected chi connectivity index (χ0v) is 19.8. The molecule has 0 bridgehead atoms. The first kappa shape index (κ1) is 23.4. The predicted octanol–water partition coefficient (Wildman–Crippen LogP) is 7.48. The summed E-state index contributed by atoms with van der Waals surface area (Å²) in [6.07, 6.45) is 7.16. The normalized spacial score (nSPS) is 17.6. The highest BCUT2D eigenvalue weighted by molar-refractivity contribution is 5.87. The highest BCUT2D eigenvalue weighted by atomic mass is 16.5. The Hall–Kier alpha value is -2.29. The topological polar surface area (TPSA) is 46.5 Å². The van der Waals surface area contributed by atoms with Crippen molar-refractivity contribution in [2.75, 3.05) is 6.61 Å². The maximum absolute atomic E-state index is 11.1. The van der Waals surface area contributed by atoms with E-state index in [0.717, 1.165) is 12.2 Å². The van der Waals surface area contributed by atoms with Gasteiger partial charge >= 0.3 is 5.97 Å². The number of benzene rings is 2. The van der Waals surface area contributed by atoms with Crippen molar-refractivity contribution in [3.8, 4) is 5.75 Å². The molecule has 1 unspecified atom stereocenters. The van der Waals surface area contributed by atoms with Crippen molar-refractivity contribution in [3.05, 3.63) is 64.7 Å². The highest BCUT2D eigenvalue weighted by Crippen LogP contribution is 2.46. The third-order valence-electron chi connectivity index (χ3n) is 7.06. The van der Waals surface area contributed by atoms with Crippen LogP contribution in [0.4, 0.5) is 0 Å². The number of aromatic carboxylic acids is 1. The Morgan fingerprint density at radius 3 is 2.23 bits per heavy atom. The molecule has 0 aliphatic heterocycles. The molecule has 1 atom stereocenters. The van der Waals surface area contributed by atoms with Crippen molar-refractivity contribution in [3.63, 3.8) is 0 Å². The van der Waals surface area contributed by atoms with Gasteiger partial charge < -0.3 is 9.84 Å². The average molecular weight is 423 g/mol. The van der Waals surface area contributed by atoms with Gasteiger partial charge in [0.25, 0.3) is 0 Å². The zero-order chi connectivity index (χ0) is 22.6. The Labute approximate surface area is 187 Å². The fraction of sp³-hybridized carbons (Fsp3) is 0.536. The largest absolute Gasteiger partial charge is 0.493 e. The lowest BCUT2D eigenvalue weighted by atomic mass is 9.62. The van der Waals surface area contributed by atoms with Crippen molar-refractivity contribution >= 4 is 5.97 Å². The number of carboxylic acid groups (broad SMARTS) is 1. The molecule has 168 valence electrons. The minimum atomic E-state index is -0.913. The molecule has 2 aromatic carbocycles. The standard InChI is InChI=1S/C28H38O3/c1-6-7-8-9-22(19-31-23-13-10-20(11-14-23)26(29)30)21-12-15-24-25(18-21)28(4,5)17-16-27(24,2)3/h10-15,18,22H,6-9,16-17,19H2,1-5H3,(H,29,30). The zero-order valence-electron chi connectivity index (χ0n) is 19.8. The van der Waals surface area contributed by atoms with Gasteiger partial charge in [0.15, 0.2) is 0 Å². The van der Waals surface area contributed by atoms with E-state index in [1.807, 2.05) is 0 Å². The number of ether oxygens (including phenoxy) is 1. The molecule has 0 amide bonds. The van der Waals surface area contributed by atoms with Crippen molar-refractivity contribution < 1.29 is 14.6 Å². The molecule has 0 saturated heterocycles. The molecule has 1 aliphatic rings. The van der Waals surface area contributed by atoms with Crippen LogP contribution in [-0.2, 0) is 10.8 Å². The molecule has 0 saturated carbocycles. The fourth-order valence-electron chi connectivity index (χ4n) is 4.74. The van der Waals surface area contributed by atoms with Crippen LogP contribution in [0.15, 0.2) is 42.5 Å². The van der Waals surface area contributed by atoms with Crippen LogP contribution in [0.2, 0.25) is 0 Å². The molecule has 3 nitrogen and oxygen atoms in total. The van der Waals surface area contributed by atoms with Gasteiger partial charge in [0.2, 0.25) is 0 Å². The van der Waals surface area contributed by atoms with E-state index < -0.39 is 5.97 Å². The van der Waals surface area contributed by atoms with E-state index in [9.17, 15) is 4.79 Å². The van der Waals surface area contributed by atoms with Gasteiger partial charge in [0, 0.05) is 5.92 Å². The second-order valence-corrected chi connectivity index (χ2v) is 10.4. The number of carbonyl (C=O) groups is 1. The molecule has 1 N–H and O–H groups in total. The molecule has 1 aliphatic carbocycles. The molecular weight excluding hydrogens is 384 g/mol. The maximum atomic E-state index is 11.1. The molecule has 3 rings (SSSR count). The summed E-state index contributed by atoms with van der Waals surface area (Å²) >= 11 is 0. The summed E-state index contributed by atoms with van der Waals surface area (Å²) in [6.45, 7) is 12.3. The number of hydrogen-bond acceptors (Lipinski definition) is 2. The van der Waals surface area contributed by atoms with E-state index in [1.165, 1.54) is 48.8 Å². The summed E-state index contributed by atoms with van der Waals surface area (Å²) in [6, 6.07) is 13.8. The van der Waals surface area contributed by atoms with Gasteiger partial charge in [-0.25, -0.2) is 4.79 Å². The van der Waals surface area contributed by atoms with Crippen molar-refractivity contribution in [1.29, 1.82) is 0 Å². The third kappa shape index (κ3) is 5.50. The van der Waals surface area contributed by atoms with Gasteiger partial charge in [-0.3, -0.25) is 0 Å². The quantitative estimate of drug-likeness (QED) is 0.426. The Morgan fingerprint density at radius 1 is 0.968 bits per heavy atom. The first-order valence-electron chi connectivity index (χ1n) is 11.7. The second kappa shape index (κ2) is 9.46. The van der Waals surface area contributed by atoms with Crippen LogP contribution in [0.5, 0.6) is 5.75 Å². The smallest absolute Gasteiger partial charge is 0.335 e. The van der Waals surface area contributed by atoms with E-state index in [-0.39, 0.29) is 16.4 Å². The second-order valence-electron chi connectivity index (χ2n) is 10.4. The van der Waals surface area contributed by atoms with Crippen LogP contribution in [-0.4, -0.2) is 17.7 Å². The van der Waals surface area contributed by atoms with E-state index in [0.29, 0.717) is 12.5 Å². The van der Waals surface area contributed by atoms with Crippen LogP contribution < -0.4 is 4.74 Å².